The molecule has 0 radical (unpaired) electrons. The second kappa shape index (κ2) is 8.73. The van der Waals surface area contributed by atoms with Crippen LogP contribution in [0.3, 0.4) is 0 Å². The summed E-state index contributed by atoms with van der Waals surface area (Å²) < 4.78 is 10.2. The molecule has 2 rings (SSSR count). The van der Waals surface area contributed by atoms with E-state index in [0.717, 1.165) is 5.56 Å². The third-order valence-corrected chi connectivity index (χ3v) is 3.70. The maximum Gasteiger partial charge on any atom is 0.291 e. The zero-order chi connectivity index (χ0) is 18.2. The lowest BCUT2D eigenvalue weighted by molar-refractivity contribution is -0.127. The molecule has 0 saturated heterocycles. The van der Waals surface area contributed by atoms with Gasteiger partial charge < -0.3 is 19.4 Å². The van der Waals surface area contributed by atoms with Crippen molar-refractivity contribution in [1.82, 2.24) is 10.2 Å². The molecule has 0 saturated carbocycles. The Kier molecular flexibility index (Phi) is 6.39. The molecule has 1 heterocycles. The van der Waals surface area contributed by atoms with Gasteiger partial charge in [-0.15, -0.1) is 0 Å². The zero-order valence-corrected chi connectivity index (χ0v) is 14.6. The third-order valence-electron chi connectivity index (χ3n) is 3.70. The monoisotopic (exact) mass is 342 g/mol. The average Bonchev–Trinajstić information content (AvgIpc) is 3.17. The third kappa shape index (κ3) is 4.73. The van der Waals surface area contributed by atoms with Crippen LogP contribution in [-0.2, 0) is 4.79 Å². The summed E-state index contributed by atoms with van der Waals surface area (Å²) in [6.07, 6.45) is 3.05. The Morgan fingerprint density at radius 3 is 2.36 bits per heavy atom. The van der Waals surface area contributed by atoms with Crippen LogP contribution >= 0.6 is 0 Å². The lowest BCUT2D eigenvalue weighted by Crippen LogP contribution is -2.38. The van der Waals surface area contributed by atoms with Crippen molar-refractivity contribution in [3.63, 3.8) is 0 Å². The van der Waals surface area contributed by atoms with Crippen molar-refractivity contribution in [3.05, 3.63) is 59.7 Å². The van der Waals surface area contributed by atoms with E-state index in [-0.39, 0.29) is 17.4 Å². The molecule has 25 heavy (non-hydrogen) atoms. The summed E-state index contributed by atoms with van der Waals surface area (Å²) in [6, 6.07) is 10.4. The molecule has 2 amide bonds. The summed E-state index contributed by atoms with van der Waals surface area (Å²) >= 11 is 0. The summed E-state index contributed by atoms with van der Waals surface area (Å²) in [7, 11) is 1.59. The predicted octanol–water partition coefficient (Wildman–Crippen LogP) is 2.93. The van der Waals surface area contributed by atoms with Gasteiger partial charge in [0.2, 0.25) is 0 Å². The molecule has 1 N–H and O–H groups in total. The molecular weight excluding hydrogens is 320 g/mol. The fraction of sp³-hybridized carbons (Fsp3) is 0.263. The van der Waals surface area contributed by atoms with E-state index in [1.807, 2.05) is 26.0 Å². The van der Waals surface area contributed by atoms with E-state index in [0.29, 0.717) is 18.8 Å². The molecule has 132 valence electrons. The highest BCUT2D eigenvalue weighted by Gasteiger charge is 2.19. The van der Waals surface area contributed by atoms with Crippen LogP contribution in [0.4, 0.5) is 0 Å². The first-order valence-electron chi connectivity index (χ1n) is 8.08. The highest BCUT2D eigenvalue weighted by molar-refractivity contribution is 6.04. The van der Waals surface area contributed by atoms with Crippen molar-refractivity contribution >= 4 is 17.9 Å². The summed E-state index contributed by atoms with van der Waals surface area (Å²) in [4.78, 5) is 26.6. The molecule has 1 aromatic carbocycles. The van der Waals surface area contributed by atoms with Gasteiger partial charge in [-0.25, -0.2) is 0 Å². The highest BCUT2D eigenvalue weighted by atomic mass is 16.5. The van der Waals surface area contributed by atoms with Crippen molar-refractivity contribution in [3.8, 4) is 5.75 Å². The van der Waals surface area contributed by atoms with Crippen molar-refractivity contribution in [1.29, 1.82) is 0 Å². The minimum absolute atomic E-state index is 0.146. The molecule has 0 bridgehead atoms. The summed E-state index contributed by atoms with van der Waals surface area (Å²) in [6.45, 7) is 4.87. The van der Waals surface area contributed by atoms with Gasteiger partial charge in [0.05, 0.1) is 13.4 Å². The topological polar surface area (TPSA) is 71.8 Å². The molecule has 6 heteroatoms. The first-order chi connectivity index (χ1) is 12.1. The fourth-order valence-corrected chi connectivity index (χ4v) is 2.29. The van der Waals surface area contributed by atoms with E-state index in [9.17, 15) is 9.59 Å². The Morgan fingerprint density at radius 1 is 1.16 bits per heavy atom. The number of methoxy groups -OCH3 is 1. The average molecular weight is 342 g/mol. The molecule has 2 aromatic rings. The molecule has 0 unspecified atom stereocenters. The number of nitrogens with zero attached hydrogens (tertiary/aromatic N) is 1. The Bertz CT molecular complexity index is 729. The number of carbonyl (C=O) groups is 2. The number of hydrogen-bond acceptors (Lipinski definition) is 4. The predicted molar refractivity (Wildman–Crippen MR) is 95.1 cm³/mol. The number of benzene rings is 1. The number of rotatable bonds is 7. The molecule has 0 fully saturated rings. The number of hydrogen-bond donors (Lipinski definition) is 1. The largest absolute Gasteiger partial charge is 0.497 e. The number of ether oxygens (including phenoxy) is 1. The van der Waals surface area contributed by atoms with Crippen LogP contribution in [0.25, 0.3) is 6.08 Å². The van der Waals surface area contributed by atoms with Crippen molar-refractivity contribution in [2.75, 3.05) is 20.2 Å². The molecule has 0 atom stereocenters. The Morgan fingerprint density at radius 2 is 1.84 bits per heavy atom. The van der Waals surface area contributed by atoms with Crippen LogP contribution in [0.2, 0.25) is 0 Å². The van der Waals surface area contributed by atoms with Gasteiger partial charge in [0, 0.05) is 13.1 Å². The van der Waals surface area contributed by atoms with E-state index in [1.54, 1.807) is 42.4 Å². The first-order valence-corrected chi connectivity index (χ1v) is 8.08. The van der Waals surface area contributed by atoms with Gasteiger partial charge in [0.25, 0.3) is 11.8 Å². The lowest BCUT2D eigenvalue weighted by atomic mass is 10.1. The van der Waals surface area contributed by atoms with Crippen molar-refractivity contribution in [2.45, 2.75) is 13.8 Å². The van der Waals surface area contributed by atoms with E-state index in [2.05, 4.69) is 5.32 Å². The molecule has 0 aliphatic carbocycles. The summed E-state index contributed by atoms with van der Waals surface area (Å²) in [5, 5.41) is 2.65. The second-order valence-electron chi connectivity index (χ2n) is 5.24. The second-order valence-corrected chi connectivity index (χ2v) is 5.24. The Balaban J connectivity index is 2.31. The summed E-state index contributed by atoms with van der Waals surface area (Å²) in [5.41, 5.74) is 0.964. The van der Waals surface area contributed by atoms with Gasteiger partial charge in [-0.2, -0.15) is 0 Å². The molecular formula is C19H22N2O4. The maximum absolute atomic E-state index is 12.7. The van der Waals surface area contributed by atoms with Gasteiger partial charge in [-0.1, -0.05) is 12.1 Å². The van der Waals surface area contributed by atoms with Gasteiger partial charge >= 0.3 is 0 Å². The van der Waals surface area contributed by atoms with Crippen LogP contribution in [0, 0.1) is 0 Å². The van der Waals surface area contributed by atoms with Crippen molar-refractivity contribution in [2.24, 2.45) is 0 Å². The van der Waals surface area contributed by atoms with E-state index >= 15 is 0 Å². The van der Waals surface area contributed by atoms with Gasteiger partial charge in [-0.3, -0.25) is 9.59 Å². The molecule has 0 aliphatic rings. The lowest BCUT2D eigenvalue weighted by Gasteiger charge is -2.20. The molecule has 1 aromatic heterocycles. The SMILES string of the molecule is CCN(CC)C(=O)/C(=C\c1ccc(OC)cc1)NC(=O)c1ccco1. The zero-order valence-electron chi connectivity index (χ0n) is 14.6. The van der Waals surface area contributed by atoms with Gasteiger partial charge in [-0.05, 0) is 49.8 Å². The number of likely N-dealkylation sites (N-methyl/N-ethyl adjacent to an activating group) is 1. The smallest absolute Gasteiger partial charge is 0.291 e. The van der Waals surface area contributed by atoms with Crippen LogP contribution in [0.5, 0.6) is 5.75 Å². The molecule has 6 nitrogen and oxygen atoms in total. The number of amides is 2. The van der Waals surface area contributed by atoms with Gasteiger partial charge in [0.1, 0.15) is 11.4 Å². The maximum atomic E-state index is 12.7. The normalized spacial score (nSPS) is 11.1. The quantitative estimate of drug-likeness (QED) is 0.785. The van der Waals surface area contributed by atoms with Crippen LogP contribution in [0.1, 0.15) is 30.0 Å². The summed E-state index contributed by atoms with van der Waals surface area (Å²) in [5.74, 6) is 0.146. The highest BCUT2D eigenvalue weighted by Crippen LogP contribution is 2.15. The fourth-order valence-electron chi connectivity index (χ4n) is 2.29. The van der Waals surface area contributed by atoms with E-state index < -0.39 is 5.91 Å². The number of carbonyl (C=O) groups excluding carboxylic acids is 2. The van der Waals surface area contributed by atoms with Crippen molar-refractivity contribution < 1.29 is 18.7 Å². The Hall–Kier alpha value is -3.02. The Labute approximate surface area is 147 Å². The van der Waals surface area contributed by atoms with Crippen LogP contribution in [0.15, 0.2) is 52.8 Å². The standard InChI is InChI=1S/C19H22N2O4/c1-4-21(5-2)19(23)16(20-18(22)17-7-6-12-25-17)13-14-8-10-15(24-3)11-9-14/h6-13H,4-5H2,1-3H3,(H,20,22)/b16-13+. The number of nitrogens with one attached hydrogen (secondary N) is 1. The van der Waals surface area contributed by atoms with Gasteiger partial charge in [0.15, 0.2) is 5.76 Å². The molecule has 0 spiro atoms. The minimum atomic E-state index is -0.467. The molecule has 0 aliphatic heterocycles. The van der Waals surface area contributed by atoms with E-state index in [4.69, 9.17) is 9.15 Å². The van der Waals surface area contributed by atoms with Crippen LogP contribution in [-0.4, -0.2) is 36.9 Å². The van der Waals surface area contributed by atoms with Crippen LogP contribution < -0.4 is 10.1 Å². The first kappa shape index (κ1) is 18.3. The minimum Gasteiger partial charge on any atom is -0.497 e. The number of furan rings is 1. The van der Waals surface area contributed by atoms with E-state index in [1.165, 1.54) is 6.26 Å².